The quantitative estimate of drug-likeness (QED) is 0.0413. The molecule has 272 valence electrons. The molecule has 0 saturated heterocycles. The van der Waals surface area contributed by atoms with Crippen molar-refractivity contribution in [2.45, 2.75) is 110 Å². The average Bonchev–Trinajstić information content (AvgIpc) is 3.46. The third-order valence-electron chi connectivity index (χ3n) is 10.9. The minimum Gasteiger partial charge on any atom is -0.469 e. The first-order valence-corrected chi connectivity index (χ1v) is 18.8. The van der Waals surface area contributed by atoms with Crippen molar-refractivity contribution < 1.29 is 33.2 Å². The molecule has 1 fully saturated rings. The minimum atomic E-state index is -0.803. The molecule has 0 radical (unpaired) electrons. The number of fused-ring (bicyclic) bond motifs is 2. The fourth-order valence-electron chi connectivity index (χ4n) is 7.93. The van der Waals surface area contributed by atoms with Crippen LogP contribution in [0.15, 0.2) is 72.0 Å². The number of ether oxygens (including phenoxy) is 2. The number of unbranched alkanes of at least 4 members (excludes halogenated alkanes) is 6. The van der Waals surface area contributed by atoms with Gasteiger partial charge in [-0.3, -0.25) is 19.2 Å². The highest BCUT2D eigenvalue weighted by molar-refractivity contribution is 6.41. The molecular formula is C43H55N2O6+. The zero-order valence-corrected chi connectivity index (χ0v) is 31.4. The van der Waals surface area contributed by atoms with Gasteiger partial charge in [0.25, 0.3) is 0 Å². The van der Waals surface area contributed by atoms with Crippen LogP contribution in [0.3, 0.4) is 0 Å². The van der Waals surface area contributed by atoms with Gasteiger partial charge in [-0.2, -0.15) is 4.58 Å². The Morgan fingerprint density at radius 3 is 2.08 bits per heavy atom. The molecule has 0 atom stereocenters. The molecule has 8 nitrogen and oxygen atoms in total. The van der Waals surface area contributed by atoms with Gasteiger partial charge in [0.1, 0.15) is 12.5 Å². The monoisotopic (exact) mass is 695 g/mol. The molecule has 2 heterocycles. The molecule has 0 amide bonds. The minimum absolute atomic E-state index is 0.125. The first kappa shape index (κ1) is 37.9. The number of hydrogen-bond acceptors (Lipinski definition) is 7. The lowest BCUT2D eigenvalue weighted by molar-refractivity contribution is -0.438. The molecule has 8 heteroatoms. The Morgan fingerprint density at radius 2 is 1.39 bits per heavy atom. The number of Topliss-reactive ketones (excluding diaryl/α,β-unsaturated/α-hetero) is 2. The molecule has 0 spiro atoms. The van der Waals surface area contributed by atoms with Crippen LogP contribution in [0.5, 0.6) is 0 Å². The van der Waals surface area contributed by atoms with Gasteiger partial charge in [-0.25, -0.2) is 0 Å². The van der Waals surface area contributed by atoms with E-state index in [2.05, 4.69) is 61.4 Å². The number of carbonyl (C=O) groups excluding carboxylic acids is 4. The van der Waals surface area contributed by atoms with E-state index in [-0.39, 0.29) is 39.9 Å². The van der Waals surface area contributed by atoms with Crippen molar-refractivity contribution in [3.05, 3.63) is 83.1 Å². The molecule has 2 aliphatic heterocycles. The number of carbonyl (C=O) groups is 4. The lowest BCUT2D eigenvalue weighted by atomic mass is 9.72. The third kappa shape index (κ3) is 7.95. The molecule has 2 aromatic rings. The number of benzene rings is 2. The summed E-state index contributed by atoms with van der Waals surface area (Å²) in [6, 6.07) is 16.7. The van der Waals surface area contributed by atoms with Crippen LogP contribution in [0.4, 0.5) is 11.4 Å². The van der Waals surface area contributed by atoms with E-state index in [1.54, 1.807) is 0 Å². The maximum Gasteiger partial charge on any atom is 0.305 e. The summed E-state index contributed by atoms with van der Waals surface area (Å²) < 4.78 is 12.1. The molecular weight excluding hydrogens is 640 g/mol. The maximum absolute atomic E-state index is 13.9. The summed E-state index contributed by atoms with van der Waals surface area (Å²) in [5.41, 5.74) is 6.12. The number of rotatable bonds is 17. The van der Waals surface area contributed by atoms with E-state index in [4.69, 9.17) is 9.47 Å². The molecule has 0 N–H and O–H groups in total. The zero-order valence-electron chi connectivity index (χ0n) is 31.4. The van der Waals surface area contributed by atoms with Crippen molar-refractivity contribution in [2.24, 2.45) is 5.92 Å². The first-order chi connectivity index (χ1) is 24.4. The topological polar surface area (TPSA) is 93.0 Å². The van der Waals surface area contributed by atoms with Crippen molar-refractivity contribution in [1.82, 2.24) is 0 Å². The van der Waals surface area contributed by atoms with Crippen LogP contribution in [0.2, 0.25) is 0 Å². The summed E-state index contributed by atoms with van der Waals surface area (Å²) in [6.45, 7) is 12.4. The molecule has 0 aromatic heterocycles. The molecule has 2 aromatic carbocycles. The van der Waals surface area contributed by atoms with Crippen LogP contribution >= 0.6 is 0 Å². The Morgan fingerprint density at radius 1 is 0.784 bits per heavy atom. The summed E-state index contributed by atoms with van der Waals surface area (Å²) >= 11 is 0. The number of methoxy groups -OCH3 is 1. The van der Waals surface area contributed by atoms with Crippen molar-refractivity contribution in [3.63, 3.8) is 0 Å². The van der Waals surface area contributed by atoms with Gasteiger partial charge >= 0.3 is 11.9 Å². The van der Waals surface area contributed by atoms with E-state index in [0.717, 1.165) is 87.2 Å². The van der Waals surface area contributed by atoms with E-state index >= 15 is 0 Å². The van der Waals surface area contributed by atoms with Crippen LogP contribution in [-0.4, -0.2) is 60.6 Å². The number of hydrogen-bond donors (Lipinski definition) is 0. The first-order valence-electron chi connectivity index (χ1n) is 18.8. The van der Waals surface area contributed by atoms with Gasteiger partial charge in [0, 0.05) is 60.3 Å². The van der Waals surface area contributed by atoms with Gasteiger partial charge in [-0.15, -0.1) is 0 Å². The highest BCUT2D eigenvalue weighted by Gasteiger charge is 2.50. The largest absolute Gasteiger partial charge is 0.469 e. The number of allylic oxidation sites excluding steroid dienone is 4. The number of nitrogens with zero attached hydrogens (tertiary/aromatic N) is 2. The second-order valence-corrected chi connectivity index (χ2v) is 15.0. The number of para-hydroxylation sites is 2. The summed E-state index contributed by atoms with van der Waals surface area (Å²) in [5, 5.41) is 0. The fourth-order valence-corrected chi connectivity index (χ4v) is 7.93. The summed E-state index contributed by atoms with van der Waals surface area (Å²) in [5.74, 6) is -1.37. The van der Waals surface area contributed by atoms with Gasteiger partial charge in [0.05, 0.1) is 24.7 Å². The van der Waals surface area contributed by atoms with E-state index in [1.807, 2.05) is 43.3 Å². The van der Waals surface area contributed by atoms with Gasteiger partial charge in [-0.1, -0.05) is 69.5 Å². The van der Waals surface area contributed by atoms with Gasteiger partial charge in [-0.05, 0) is 64.2 Å². The van der Waals surface area contributed by atoms with Gasteiger partial charge < -0.3 is 14.4 Å². The molecule has 3 aliphatic rings. The van der Waals surface area contributed by atoms with Crippen LogP contribution in [0.1, 0.15) is 110 Å². The number of esters is 2. The summed E-state index contributed by atoms with van der Waals surface area (Å²) in [7, 11) is 1.42. The van der Waals surface area contributed by atoms with Crippen LogP contribution in [0, 0.1) is 5.92 Å². The molecule has 0 unspecified atom stereocenters. The highest BCUT2D eigenvalue weighted by Crippen LogP contribution is 2.49. The second kappa shape index (κ2) is 16.3. The van der Waals surface area contributed by atoms with Crippen molar-refractivity contribution >= 4 is 40.6 Å². The Labute approximate surface area is 303 Å². The van der Waals surface area contributed by atoms with Crippen molar-refractivity contribution in [2.75, 3.05) is 31.7 Å². The summed E-state index contributed by atoms with van der Waals surface area (Å²) in [6.07, 6.45) is 11.9. The number of ketones is 2. The molecule has 5 rings (SSSR count). The highest BCUT2D eigenvalue weighted by atomic mass is 16.5. The normalized spacial score (nSPS) is 19.3. The Kier molecular flexibility index (Phi) is 12.2. The van der Waals surface area contributed by atoms with Gasteiger partial charge in [0.15, 0.2) is 17.3 Å². The van der Waals surface area contributed by atoms with E-state index < -0.39 is 5.92 Å². The maximum atomic E-state index is 13.9. The van der Waals surface area contributed by atoms with Gasteiger partial charge in [0.2, 0.25) is 5.69 Å². The average molecular weight is 696 g/mol. The predicted octanol–water partition coefficient (Wildman–Crippen LogP) is 8.08. The molecule has 1 aliphatic carbocycles. The number of anilines is 1. The van der Waals surface area contributed by atoms with E-state index in [1.165, 1.54) is 18.2 Å². The van der Waals surface area contributed by atoms with E-state index in [0.29, 0.717) is 19.4 Å². The SMILES string of the molecule is CCOC(=O)CCCCCCN1/C(=C\C2C(=O)C(=CC3=[N+](CCCCCCC(=O)OC)c4ccccc4C3(C)C)C2=O)C(C)(C)c2ccccc21. The van der Waals surface area contributed by atoms with Crippen LogP contribution < -0.4 is 4.90 Å². The second-order valence-electron chi connectivity index (χ2n) is 15.0. The Hall–Kier alpha value is -4.33. The predicted molar refractivity (Wildman–Crippen MR) is 201 cm³/mol. The fraction of sp³-hybridized carbons (Fsp3) is 0.512. The third-order valence-corrected chi connectivity index (χ3v) is 10.9. The molecule has 1 saturated carbocycles. The standard InChI is InChI=1S/C43H55N2O6/c1-7-51-39(47)25-13-9-11-19-27-45-35-23-17-15-21-33(35)43(4,5)37(45)29-31-40(48)30(41(31)49)28-36-42(2,3)32-20-14-16-22-34(32)44(36)26-18-10-8-12-24-38(46)50-6/h14-17,20-23,28-29,31H,7-13,18-19,24-27H2,1-6H3/q+1/b30-28?,37-29-. The molecule has 0 bridgehead atoms. The Balaban J connectivity index is 1.33. The molecule has 51 heavy (non-hydrogen) atoms. The smallest absolute Gasteiger partial charge is 0.305 e. The van der Waals surface area contributed by atoms with Crippen LogP contribution in [0.25, 0.3) is 0 Å². The van der Waals surface area contributed by atoms with E-state index in [9.17, 15) is 19.2 Å². The van der Waals surface area contributed by atoms with Crippen LogP contribution in [-0.2, 0) is 39.5 Å². The zero-order chi connectivity index (χ0) is 36.8. The van der Waals surface area contributed by atoms with Crippen molar-refractivity contribution in [3.8, 4) is 0 Å². The Bertz CT molecular complexity index is 1730. The lowest BCUT2D eigenvalue weighted by Crippen LogP contribution is -2.43. The lowest BCUT2D eigenvalue weighted by Gasteiger charge is -2.31. The summed E-state index contributed by atoms with van der Waals surface area (Å²) in [4.78, 5) is 53.4. The van der Waals surface area contributed by atoms with Crippen molar-refractivity contribution in [1.29, 1.82) is 0 Å².